The zero-order valence-electron chi connectivity index (χ0n) is 9.24. The number of nitrogens with two attached hydrogens (primary N) is 1. The summed E-state index contributed by atoms with van der Waals surface area (Å²) in [5, 5.41) is 10.7. The van der Waals surface area contributed by atoms with Gasteiger partial charge in [0, 0.05) is 13.1 Å². The fourth-order valence-corrected chi connectivity index (χ4v) is 2.12. The summed E-state index contributed by atoms with van der Waals surface area (Å²) in [5.41, 5.74) is 4.86. The van der Waals surface area contributed by atoms with Crippen LogP contribution in [-0.2, 0) is 4.79 Å². The lowest BCUT2D eigenvalue weighted by atomic mass is 10.1. The zero-order chi connectivity index (χ0) is 13.3. The third-order valence-electron chi connectivity index (χ3n) is 2.83. The molecule has 1 aliphatic heterocycles. The van der Waals surface area contributed by atoms with Crippen LogP contribution in [0.1, 0.15) is 6.42 Å². The van der Waals surface area contributed by atoms with Crippen molar-refractivity contribution in [2.45, 2.75) is 6.42 Å². The molecule has 1 fully saturated rings. The van der Waals surface area contributed by atoms with E-state index in [4.69, 9.17) is 17.3 Å². The molecule has 0 spiro atoms. The summed E-state index contributed by atoms with van der Waals surface area (Å²) >= 11 is 5.69. The molecular weight excluding hydrogens is 262 g/mol. The summed E-state index contributed by atoms with van der Waals surface area (Å²) < 4.78 is 0. The van der Waals surface area contributed by atoms with Crippen molar-refractivity contribution in [2.24, 2.45) is 11.7 Å². The molecule has 0 radical (unpaired) electrons. The first-order valence-corrected chi connectivity index (χ1v) is 5.57. The number of hydrogen-bond donors (Lipinski definition) is 1. The van der Waals surface area contributed by atoms with Gasteiger partial charge in [-0.15, -0.1) is 0 Å². The Bertz CT molecular complexity index is 509. The third kappa shape index (κ3) is 2.19. The number of amides is 1. The van der Waals surface area contributed by atoms with E-state index in [1.54, 1.807) is 4.90 Å². The second-order valence-electron chi connectivity index (χ2n) is 3.93. The summed E-state index contributed by atoms with van der Waals surface area (Å²) in [6.45, 7) is 0.783. The largest absolute Gasteiger partial charge is 0.369 e. The van der Waals surface area contributed by atoms with Gasteiger partial charge in [-0.1, -0.05) is 11.6 Å². The molecule has 1 aromatic heterocycles. The van der Waals surface area contributed by atoms with E-state index in [-0.39, 0.29) is 22.6 Å². The fourth-order valence-electron chi connectivity index (χ4n) is 1.92. The maximum Gasteiger partial charge on any atom is 0.348 e. The zero-order valence-corrected chi connectivity index (χ0v) is 10.0. The van der Waals surface area contributed by atoms with E-state index in [9.17, 15) is 14.9 Å². The van der Waals surface area contributed by atoms with E-state index in [2.05, 4.69) is 9.97 Å². The highest BCUT2D eigenvalue weighted by Gasteiger charge is 2.33. The number of nitrogens with zero attached hydrogens (tertiary/aromatic N) is 4. The van der Waals surface area contributed by atoms with Gasteiger partial charge in [0.25, 0.3) is 0 Å². The standard InChI is InChI=1S/C9H10ClN5O3/c10-7-6(15(17)18)9(13-4-12-7)14-2-1-5(3-14)8(11)16/h4-5H,1-3H2,(H2,11,16). The number of hydrogen-bond acceptors (Lipinski definition) is 6. The van der Waals surface area contributed by atoms with Gasteiger partial charge in [0.2, 0.25) is 16.9 Å². The lowest BCUT2D eigenvalue weighted by Crippen LogP contribution is -2.28. The Balaban J connectivity index is 2.32. The molecule has 1 unspecified atom stereocenters. The SMILES string of the molecule is NC(=O)C1CCN(c2ncnc(Cl)c2[N+](=O)[O-])C1. The summed E-state index contributed by atoms with van der Waals surface area (Å²) in [5.74, 6) is -0.609. The number of rotatable bonds is 3. The van der Waals surface area contributed by atoms with Crippen molar-refractivity contribution in [3.8, 4) is 0 Å². The molecule has 1 atom stereocenters. The second-order valence-corrected chi connectivity index (χ2v) is 4.29. The highest BCUT2D eigenvalue weighted by Crippen LogP contribution is 2.33. The van der Waals surface area contributed by atoms with Crippen molar-refractivity contribution in [3.63, 3.8) is 0 Å². The van der Waals surface area contributed by atoms with Gasteiger partial charge in [0.1, 0.15) is 6.33 Å². The molecule has 1 amide bonds. The van der Waals surface area contributed by atoms with E-state index in [1.807, 2.05) is 0 Å². The first-order valence-electron chi connectivity index (χ1n) is 5.20. The molecule has 1 saturated heterocycles. The Labute approximate surface area is 107 Å². The molecule has 96 valence electrons. The molecule has 0 saturated carbocycles. The van der Waals surface area contributed by atoms with Gasteiger partial charge < -0.3 is 10.6 Å². The first kappa shape index (κ1) is 12.5. The number of aromatic nitrogens is 2. The molecule has 2 heterocycles. The van der Waals surface area contributed by atoms with Crippen LogP contribution in [0.15, 0.2) is 6.33 Å². The second kappa shape index (κ2) is 4.73. The van der Waals surface area contributed by atoms with Crippen LogP contribution in [0.5, 0.6) is 0 Å². The van der Waals surface area contributed by atoms with Crippen LogP contribution < -0.4 is 10.6 Å². The van der Waals surface area contributed by atoms with E-state index >= 15 is 0 Å². The maximum atomic E-state index is 11.1. The van der Waals surface area contributed by atoms with Gasteiger partial charge in [-0.2, -0.15) is 0 Å². The van der Waals surface area contributed by atoms with Gasteiger partial charge >= 0.3 is 5.69 Å². The minimum atomic E-state index is -0.630. The van der Waals surface area contributed by atoms with Crippen molar-refractivity contribution < 1.29 is 9.72 Å². The van der Waals surface area contributed by atoms with Crippen LogP contribution in [0.4, 0.5) is 11.5 Å². The topological polar surface area (TPSA) is 115 Å². The van der Waals surface area contributed by atoms with E-state index < -0.39 is 10.8 Å². The van der Waals surface area contributed by atoms with Crippen LogP contribution in [0.2, 0.25) is 5.15 Å². The van der Waals surface area contributed by atoms with Crippen molar-refractivity contribution in [1.29, 1.82) is 0 Å². The summed E-state index contributed by atoms with van der Waals surface area (Å²) in [4.78, 5) is 30.5. The molecule has 0 aromatic carbocycles. The average Bonchev–Trinajstić information content (AvgIpc) is 2.77. The van der Waals surface area contributed by atoms with E-state index in [1.165, 1.54) is 0 Å². The molecular formula is C9H10ClN5O3. The molecule has 0 aliphatic carbocycles. The molecule has 0 bridgehead atoms. The monoisotopic (exact) mass is 271 g/mol. The third-order valence-corrected chi connectivity index (χ3v) is 3.11. The molecule has 1 aromatic rings. The normalized spacial score (nSPS) is 18.9. The number of nitro groups is 1. The van der Waals surface area contributed by atoms with Crippen LogP contribution in [0, 0.1) is 16.0 Å². The predicted octanol–water partition coefficient (Wildman–Crippen LogP) is 0.350. The van der Waals surface area contributed by atoms with Gasteiger partial charge in [-0.3, -0.25) is 14.9 Å². The molecule has 2 N–H and O–H groups in total. The maximum absolute atomic E-state index is 11.1. The summed E-state index contributed by atoms with van der Waals surface area (Å²) in [6, 6.07) is 0. The Morgan fingerprint density at radius 1 is 1.61 bits per heavy atom. The quantitative estimate of drug-likeness (QED) is 0.482. The van der Waals surface area contributed by atoms with Gasteiger partial charge in [0.15, 0.2) is 0 Å². The highest BCUT2D eigenvalue weighted by molar-refractivity contribution is 6.31. The Morgan fingerprint density at radius 3 is 2.89 bits per heavy atom. The van der Waals surface area contributed by atoms with Crippen molar-refractivity contribution in [3.05, 3.63) is 21.6 Å². The Hall–Kier alpha value is -1.96. The molecule has 9 heteroatoms. The number of carbonyl (C=O) groups is 1. The molecule has 1 aliphatic rings. The van der Waals surface area contributed by atoms with E-state index in [0.29, 0.717) is 19.5 Å². The highest BCUT2D eigenvalue weighted by atomic mass is 35.5. The van der Waals surface area contributed by atoms with Crippen LogP contribution in [-0.4, -0.2) is 33.9 Å². The van der Waals surface area contributed by atoms with Gasteiger partial charge in [0.05, 0.1) is 10.8 Å². The van der Waals surface area contributed by atoms with Crippen LogP contribution in [0.25, 0.3) is 0 Å². The number of anilines is 1. The van der Waals surface area contributed by atoms with Crippen LogP contribution in [0.3, 0.4) is 0 Å². The average molecular weight is 272 g/mol. The van der Waals surface area contributed by atoms with Gasteiger partial charge in [-0.25, -0.2) is 9.97 Å². The molecule has 18 heavy (non-hydrogen) atoms. The van der Waals surface area contributed by atoms with Crippen LogP contribution >= 0.6 is 11.6 Å². The number of halogens is 1. The number of primary amides is 1. The van der Waals surface area contributed by atoms with Crippen molar-refractivity contribution in [2.75, 3.05) is 18.0 Å². The fraction of sp³-hybridized carbons (Fsp3) is 0.444. The lowest BCUT2D eigenvalue weighted by Gasteiger charge is -2.16. The summed E-state index contributed by atoms with van der Waals surface area (Å²) in [6.07, 6.45) is 1.70. The lowest BCUT2D eigenvalue weighted by molar-refractivity contribution is -0.384. The smallest absolute Gasteiger partial charge is 0.348 e. The predicted molar refractivity (Wildman–Crippen MR) is 63.2 cm³/mol. The minimum absolute atomic E-state index is 0.128. The first-order chi connectivity index (χ1) is 8.50. The van der Waals surface area contributed by atoms with Gasteiger partial charge in [-0.05, 0) is 6.42 Å². The number of carbonyl (C=O) groups excluding carboxylic acids is 1. The molecule has 8 nitrogen and oxygen atoms in total. The van der Waals surface area contributed by atoms with E-state index in [0.717, 1.165) is 6.33 Å². The Morgan fingerprint density at radius 2 is 2.33 bits per heavy atom. The Kier molecular flexibility index (Phi) is 3.28. The molecule has 2 rings (SSSR count). The van der Waals surface area contributed by atoms with Crippen molar-refractivity contribution >= 4 is 29.0 Å². The van der Waals surface area contributed by atoms with Crippen molar-refractivity contribution in [1.82, 2.24) is 9.97 Å². The minimum Gasteiger partial charge on any atom is -0.369 e. The summed E-state index contributed by atoms with van der Waals surface area (Å²) in [7, 11) is 0.